The molecule has 3 heterocycles. The minimum atomic E-state index is -0.236. The van der Waals surface area contributed by atoms with Crippen LogP contribution >= 0.6 is 15.9 Å². The average Bonchev–Trinajstić information content (AvgIpc) is 2.70. The molecule has 1 amide bonds. The second-order valence-corrected chi connectivity index (χ2v) is 7.27. The van der Waals surface area contributed by atoms with Gasteiger partial charge in [0.25, 0.3) is 5.91 Å². The third-order valence-corrected chi connectivity index (χ3v) is 5.13. The van der Waals surface area contributed by atoms with Crippen molar-refractivity contribution in [2.45, 2.75) is 18.9 Å². The summed E-state index contributed by atoms with van der Waals surface area (Å²) in [5.41, 5.74) is 1.12. The monoisotopic (exact) mass is 426 g/mol. The molecule has 0 atom stereocenters. The lowest BCUT2D eigenvalue weighted by Crippen LogP contribution is -2.34. The Bertz CT molecular complexity index is 973. The van der Waals surface area contributed by atoms with Gasteiger partial charge in [0.1, 0.15) is 17.7 Å². The lowest BCUT2D eigenvalue weighted by atomic mass is 10.1. The fourth-order valence-electron chi connectivity index (χ4n) is 3.04. The topological polar surface area (TPSA) is 76.1 Å². The number of hydrogen-bond donors (Lipinski definition) is 2. The lowest BCUT2D eigenvalue weighted by Gasteiger charge is -2.24. The SMILES string of the molecule is O=C(Nc1ccc2cccnc2n1)c1ccc(Br)c(OC2CCNCC2)c1. The standard InChI is InChI=1S/C20H19BrN4O2/c21-16-5-3-14(12-17(16)27-15-7-10-22-11-8-15)20(26)25-18-6-4-13-2-1-9-23-19(13)24-18/h1-6,9,12,15,22H,7-8,10-11H2,(H,23,24,25,26). The lowest BCUT2D eigenvalue weighted by molar-refractivity contribution is 0.102. The molecule has 1 aromatic carbocycles. The van der Waals surface area contributed by atoms with Gasteiger partial charge in [-0.15, -0.1) is 0 Å². The highest BCUT2D eigenvalue weighted by atomic mass is 79.9. The van der Waals surface area contributed by atoms with Crippen LogP contribution in [0.1, 0.15) is 23.2 Å². The Hall–Kier alpha value is -2.51. The molecule has 1 aliphatic rings. The number of piperidine rings is 1. The molecule has 0 saturated carbocycles. The minimum absolute atomic E-state index is 0.161. The number of aromatic nitrogens is 2. The van der Waals surface area contributed by atoms with Gasteiger partial charge in [-0.05, 0) is 84.3 Å². The first kappa shape index (κ1) is 17.9. The molecule has 0 radical (unpaired) electrons. The number of anilines is 1. The predicted molar refractivity (Wildman–Crippen MR) is 108 cm³/mol. The van der Waals surface area contributed by atoms with E-state index in [0.717, 1.165) is 35.8 Å². The number of carbonyl (C=O) groups is 1. The summed E-state index contributed by atoms with van der Waals surface area (Å²) in [6.45, 7) is 1.90. The normalized spacial score (nSPS) is 14.9. The van der Waals surface area contributed by atoms with Gasteiger partial charge >= 0.3 is 0 Å². The fraction of sp³-hybridized carbons (Fsp3) is 0.250. The Labute approximate surface area is 165 Å². The highest BCUT2D eigenvalue weighted by molar-refractivity contribution is 9.10. The zero-order valence-electron chi connectivity index (χ0n) is 14.6. The van der Waals surface area contributed by atoms with Crippen molar-refractivity contribution in [1.82, 2.24) is 15.3 Å². The largest absolute Gasteiger partial charge is 0.489 e. The van der Waals surface area contributed by atoms with E-state index in [1.54, 1.807) is 24.4 Å². The molecule has 1 aliphatic heterocycles. The van der Waals surface area contributed by atoms with Gasteiger partial charge in [-0.1, -0.05) is 0 Å². The summed E-state index contributed by atoms with van der Waals surface area (Å²) >= 11 is 3.51. The third-order valence-electron chi connectivity index (χ3n) is 4.48. The number of ether oxygens (including phenoxy) is 1. The van der Waals surface area contributed by atoms with Gasteiger partial charge in [0.15, 0.2) is 5.65 Å². The van der Waals surface area contributed by atoms with Gasteiger partial charge in [-0.25, -0.2) is 9.97 Å². The molecule has 1 fully saturated rings. The van der Waals surface area contributed by atoms with Crippen LogP contribution in [0.3, 0.4) is 0 Å². The number of carbonyl (C=O) groups excluding carboxylic acids is 1. The van der Waals surface area contributed by atoms with Gasteiger partial charge < -0.3 is 15.4 Å². The molecule has 2 aromatic heterocycles. The molecule has 7 heteroatoms. The molecular weight excluding hydrogens is 408 g/mol. The number of benzene rings is 1. The van der Waals surface area contributed by atoms with E-state index in [9.17, 15) is 4.79 Å². The second kappa shape index (κ2) is 8.02. The van der Waals surface area contributed by atoms with Gasteiger partial charge in [0.05, 0.1) is 4.47 Å². The molecule has 4 rings (SSSR count). The van der Waals surface area contributed by atoms with E-state index in [4.69, 9.17) is 4.74 Å². The third kappa shape index (κ3) is 4.26. The predicted octanol–water partition coefficient (Wildman–Crippen LogP) is 3.78. The maximum absolute atomic E-state index is 12.7. The number of rotatable bonds is 4. The molecule has 6 nitrogen and oxygen atoms in total. The van der Waals surface area contributed by atoms with Crippen LogP contribution in [-0.4, -0.2) is 35.1 Å². The van der Waals surface area contributed by atoms with Crippen LogP contribution in [0.4, 0.5) is 5.82 Å². The number of nitrogens with one attached hydrogen (secondary N) is 2. The highest BCUT2D eigenvalue weighted by Crippen LogP contribution is 2.28. The molecule has 0 aliphatic carbocycles. The quantitative estimate of drug-likeness (QED) is 0.663. The number of fused-ring (bicyclic) bond motifs is 1. The molecular formula is C20H19BrN4O2. The van der Waals surface area contributed by atoms with Gasteiger partial charge in [0, 0.05) is 17.1 Å². The van der Waals surface area contributed by atoms with Crippen molar-refractivity contribution in [3.63, 3.8) is 0 Å². The van der Waals surface area contributed by atoms with E-state index in [0.29, 0.717) is 22.8 Å². The Morgan fingerprint density at radius 3 is 2.89 bits per heavy atom. The summed E-state index contributed by atoms with van der Waals surface area (Å²) in [5, 5.41) is 7.07. The molecule has 0 bridgehead atoms. The fourth-order valence-corrected chi connectivity index (χ4v) is 3.38. The average molecular weight is 427 g/mol. The molecule has 3 aromatic rings. The van der Waals surface area contributed by atoms with Crippen LogP contribution in [0, 0.1) is 0 Å². The first-order valence-corrected chi connectivity index (χ1v) is 9.68. The summed E-state index contributed by atoms with van der Waals surface area (Å²) in [6.07, 6.45) is 3.75. The zero-order valence-corrected chi connectivity index (χ0v) is 16.2. The number of nitrogens with zero attached hydrogens (tertiary/aromatic N) is 2. The first-order valence-electron chi connectivity index (χ1n) is 8.89. The van der Waals surface area contributed by atoms with E-state index in [2.05, 4.69) is 36.5 Å². The summed E-state index contributed by atoms with van der Waals surface area (Å²) < 4.78 is 6.93. The van der Waals surface area contributed by atoms with Crippen LogP contribution in [0.25, 0.3) is 11.0 Å². The number of hydrogen-bond acceptors (Lipinski definition) is 5. The second-order valence-electron chi connectivity index (χ2n) is 6.41. The molecule has 138 valence electrons. The van der Waals surface area contributed by atoms with Gasteiger partial charge in [0.2, 0.25) is 0 Å². The van der Waals surface area contributed by atoms with Crippen molar-refractivity contribution in [2.75, 3.05) is 18.4 Å². The van der Waals surface area contributed by atoms with E-state index in [1.807, 2.05) is 24.3 Å². The van der Waals surface area contributed by atoms with Crippen molar-refractivity contribution >= 4 is 38.7 Å². The smallest absolute Gasteiger partial charge is 0.256 e. The Morgan fingerprint density at radius 2 is 2.04 bits per heavy atom. The number of amides is 1. The van der Waals surface area contributed by atoms with Gasteiger partial charge in [-0.3, -0.25) is 4.79 Å². The van der Waals surface area contributed by atoms with Crippen molar-refractivity contribution in [1.29, 1.82) is 0 Å². The highest BCUT2D eigenvalue weighted by Gasteiger charge is 2.17. The van der Waals surface area contributed by atoms with Crippen molar-refractivity contribution in [3.05, 3.63) is 58.7 Å². The zero-order chi connectivity index (χ0) is 18.6. The Balaban J connectivity index is 1.51. The Morgan fingerprint density at radius 1 is 1.19 bits per heavy atom. The summed E-state index contributed by atoms with van der Waals surface area (Å²) in [5.74, 6) is 0.915. The first-order chi connectivity index (χ1) is 13.2. The van der Waals surface area contributed by atoms with E-state index in [1.165, 1.54) is 0 Å². The maximum atomic E-state index is 12.7. The van der Waals surface area contributed by atoms with Crippen molar-refractivity contribution in [3.8, 4) is 5.75 Å². The van der Waals surface area contributed by atoms with Crippen molar-refractivity contribution < 1.29 is 9.53 Å². The number of pyridine rings is 2. The molecule has 1 saturated heterocycles. The van der Waals surface area contributed by atoms with Gasteiger partial charge in [-0.2, -0.15) is 0 Å². The summed E-state index contributed by atoms with van der Waals surface area (Å²) in [4.78, 5) is 21.3. The van der Waals surface area contributed by atoms with Crippen LogP contribution in [0.2, 0.25) is 0 Å². The molecule has 0 unspecified atom stereocenters. The van der Waals surface area contributed by atoms with Crippen LogP contribution in [0.5, 0.6) is 5.75 Å². The minimum Gasteiger partial charge on any atom is -0.489 e. The number of halogens is 1. The van der Waals surface area contributed by atoms with E-state index in [-0.39, 0.29) is 12.0 Å². The van der Waals surface area contributed by atoms with Crippen molar-refractivity contribution in [2.24, 2.45) is 0 Å². The van der Waals surface area contributed by atoms with Crippen LogP contribution in [0.15, 0.2) is 53.1 Å². The summed E-state index contributed by atoms with van der Waals surface area (Å²) in [6, 6.07) is 12.8. The Kier molecular flexibility index (Phi) is 5.31. The van der Waals surface area contributed by atoms with E-state index >= 15 is 0 Å². The maximum Gasteiger partial charge on any atom is 0.256 e. The van der Waals surface area contributed by atoms with E-state index < -0.39 is 0 Å². The molecule has 27 heavy (non-hydrogen) atoms. The van der Waals surface area contributed by atoms with Crippen LogP contribution < -0.4 is 15.4 Å². The summed E-state index contributed by atoms with van der Waals surface area (Å²) in [7, 11) is 0. The molecule has 2 N–H and O–H groups in total. The van der Waals surface area contributed by atoms with Crippen LogP contribution in [-0.2, 0) is 0 Å². The molecule has 0 spiro atoms.